The first-order chi connectivity index (χ1) is 17.7. The largest absolute Gasteiger partial charge is 0.445 e. The maximum absolute atomic E-state index is 12.9. The van der Waals surface area contributed by atoms with Crippen LogP contribution in [0.1, 0.15) is 17.5 Å². The maximum Gasteiger partial charge on any atom is 0.415 e. The van der Waals surface area contributed by atoms with Crippen molar-refractivity contribution in [2.45, 2.75) is 30.9 Å². The number of ether oxygens (including phenoxy) is 2. The Morgan fingerprint density at radius 3 is 1.95 bits per heavy atom. The standard InChI is InChI=1S/C23H23N5O8S/c29-22(35-13-15-1-5-17(6-2-15)27(31)32)25-10-9-24-21(25)20-11-19(37)12-26(20)23(30)36-14-16-3-7-18(8-4-16)28(33)34/h1-8,19-20,37H,9-14H2/t19-,20-/m0/s1. The Labute approximate surface area is 216 Å². The van der Waals surface area contributed by atoms with Gasteiger partial charge in [-0.15, -0.1) is 0 Å². The van der Waals surface area contributed by atoms with Crippen molar-refractivity contribution >= 4 is 42.0 Å². The van der Waals surface area contributed by atoms with E-state index in [4.69, 9.17) is 9.47 Å². The topological polar surface area (TPSA) is 158 Å². The Balaban J connectivity index is 1.36. The molecule has 37 heavy (non-hydrogen) atoms. The van der Waals surface area contributed by atoms with Gasteiger partial charge in [-0.25, -0.2) is 9.59 Å². The summed E-state index contributed by atoms with van der Waals surface area (Å²) in [4.78, 5) is 53.6. The van der Waals surface area contributed by atoms with Gasteiger partial charge in [-0.1, -0.05) is 0 Å². The van der Waals surface area contributed by atoms with Crippen molar-refractivity contribution in [2.75, 3.05) is 19.6 Å². The predicted molar refractivity (Wildman–Crippen MR) is 133 cm³/mol. The summed E-state index contributed by atoms with van der Waals surface area (Å²) in [6, 6.07) is 10.8. The minimum atomic E-state index is -0.642. The smallest absolute Gasteiger partial charge is 0.415 e. The molecule has 2 heterocycles. The molecule has 2 aliphatic heterocycles. The van der Waals surface area contributed by atoms with Gasteiger partial charge in [0.25, 0.3) is 11.4 Å². The monoisotopic (exact) mass is 529 g/mol. The van der Waals surface area contributed by atoms with Crippen molar-refractivity contribution < 1.29 is 28.9 Å². The summed E-state index contributed by atoms with van der Waals surface area (Å²) < 4.78 is 10.8. The number of hydrogen-bond acceptors (Lipinski definition) is 10. The normalized spacial score (nSPS) is 18.9. The summed E-state index contributed by atoms with van der Waals surface area (Å²) in [5.74, 6) is 0.387. The number of nitrogens with zero attached hydrogens (tertiary/aromatic N) is 5. The molecule has 194 valence electrons. The Morgan fingerprint density at radius 1 is 0.919 bits per heavy atom. The lowest BCUT2D eigenvalue weighted by Crippen LogP contribution is -2.48. The van der Waals surface area contributed by atoms with Gasteiger partial charge < -0.3 is 9.47 Å². The van der Waals surface area contributed by atoms with E-state index in [-0.39, 0.29) is 42.9 Å². The number of aliphatic imine (C=N–C) groups is 1. The zero-order valence-electron chi connectivity index (χ0n) is 19.5. The minimum absolute atomic E-state index is 0.0626. The van der Waals surface area contributed by atoms with Crippen LogP contribution in [-0.4, -0.2) is 68.6 Å². The fourth-order valence-electron chi connectivity index (χ4n) is 4.07. The Kier molecular flexibility index (Phi) is 7.86. The molecule has 1 fully saturated rings. The van der Waals surface area contributed by atoms with Crippen molar-refractivity contribution in [3.05, 3.63) is 79.9 Å². The second-order valence-electron chi connectivity index (χ2n) is 8.41. The molecule has 0 N–H and O–H groups in total. The van der Waals surface area contributed by atoms with E-state index < -0.39 is 28.1 Å². The summed E-state index contributed by atoms with van der Waals surface area (Å²) in [7, 11) is 0. The van der Waals surface area contributed by atoms with Crippen LogP contribution in [-0.2, 0) is 22.7 Å². The van der Waals surface area contributed by atoms with Gasteiger partial charge >= 0.3 is 12.2 Å². The van der Waals surface area contributed by atoms with Crippen molar-refractivity contribution in [2.24, 2.45) is 4.99 Å². The van der Waals surface area contributed by atoms with E-state index in [9.17, 15) is 29.8 Å². The number of nitro groups is 2. The summed E-state index contributed by atoms with van der Waals surface area (Å²) in [6.07, 6.45) is -0.800. The van der Waals surface area contributed by atoms with Crippen molar-refractivity contribution in [1.29, 1.82) is 0 Å². The lowest BCUT2D eigenvalue weighted by atomic mass is 10.2. The van der Waals surface area contributed by atoms with Crippen LogP contribution in [0, 0.1) is 20.2 Å². The number of likely N-dealkylation sites (tertiary alicyclic amines) is 1. The van der Waals surface area contributed by atoms with Crippen molar-refractivity contribution in [3.8, 4) is 0 Å². The number of nitro benzene ring substituents is 2. The zero-order valence-corrected chi connectivity index (χ0v) is 20.4. The third-order valence-electron chi connectivity index (χ3n) is 5.92. The lowest BCUT2D eigenvalue weighted by molar-refractivity contribution is -0.385. The van der Waals surface area contributed by atoms with E-state index in [1.807, 2.05) is 0 Å². The van der Waals surface area contributed by atoms with Crippen LogP contribution in [0.15, 0.2) is 53.5 Å². The van der Waals surface area contributed by atoms with Crippen LogP contribution < -0.4 is 0 Å². The van der Waals surface area contributed by atoms with Crippen LogP contribution in [0.4, 0.5) is 21.0 Å². The average Bonchev–Trinajstić information content (AvgIpc) is 3.53. The van der Waals surface area contributed by atoms with Gasteiger partial charge in [0.15, 0.2) is 0 Å². The first-order valence-corrected chi connectivity index (χ1v) is 11.8. The highest BCUT2D eigenvalue weighted by Crippen LogP contribution is 2.27. The predicted octanol–water partition coefficient (Wildman–Crippen LogP) is 3.56. The fourth-order valence-corrected chi connectivity index (χ4v) is 4.45. The molecule has 1 saturated heterocycles. The number of carbonyl (C=O) groups is 2. The summed E-state index contributed by atoms with van der Waals surface area (Å²) in [6.45, 7) is 0.763. The average molecular weight is 530 g/mol. The zero-order chi connectivity index (χ0) is 26.5. The molecule has 0 aliphatic carbocycles. The van der Waals surface area contributed by atoms with Gasteiger partial charge in [-0.2, -0.15) is 12.6 Å². The van der Waals surface area contributed by atoms with Crippen molar-refractivity contribution in [3.63, 3.8) is 0 Å². The molecule has 0 unspecified atom stereocenters. The molecule has 14 heteroatoms. The molecule has 0 radical (unpaired) electrons. The molecule has 2 aliphatic rings. The third-order valence-corrected chi connectivity index (χ3v) is 6.30. The number of amidine groups is 1. The second kappa shape index (κ2) is 11.2. The number of carbonyl (C=O) groups excluding carboxylic acids is 2. The van der Waals surface area contributed by atoms with E-state index in [2.05, 4.69) is 17.6 Å². The van der Waals surface area contributed by atoms with Crippen LogP contribution in [0.2, 0.25) is 0 Å². The molecule has 2 amide bonds. The first kappa shape index (κ1) is 25.9. The minimum Gasteiger partial charge on any atom is -0.445 e. The molecule has 13 nitrogen and oxygen atoms in total. The SMILES string of the molecule is O=C(OCc1ccc([N+](=O)[O-])cc1)N1CCN=C1[C@@H]1C[C@H](S)CN1C(=O)OCc1ccc([N+](=O)[O-])cc1. The first-order valence-electron chi connectivity index (χ1n) is 11.3. The van der Waals surface area contributed by atoms with Crippen LogP contribution in [0.5, 0.6) is 0 Å². The lowest BCUT2D eigenvalue weighted by Gasteiger charge is -2.28. The van der Waals surface area contributed by atoms with Gasteiger partial charge in [-0.05, 0) is 41.8 Å². The van der Waals surface area contributed by atoms with Crippen LogP contribution in [0.3, 0.4) is 0 Å². The number of hydrogen-bond donors (Lipinski definition) is 1. The second-order valence-corrected chi connectivity index (χ2v) is 9.14. The highest BCUT2D eigenvalue weighted by Gasteiger charge is 2.42. The van der Waals surface area contributed by atoms with Crippen LogP contribution in [0.25, 0.3) is 0 Å². The van der Waals surface area contributed by atoms with Crippen molar-refractivity contribution in [1.82, 2.24) is 9.80 Å². The van der Waals surface area contributed by atoms with E-state index >= 15 is 0 Å². The Morgan fingerprint density at radius 2 is 1.43 bits per heavy atom. The van der Waals surface area contributed by atoms with Gasteiger partial charge in [0.2, 0.25) is 0 Å². The number of amides is 2. The Hall–Kier alpha value is -4.20. The summed E-state index contributed by atoms with van der Waals surface area (Å²) in [5.41, 5.74) is 1.05. The highest BCUT2D eigenvalue weighted by molar-refractivity contribution is 7.81. The number of thiol groups is 1. The molecule has 0 saturated carbocycles. The van der Waals surface area contributed by atoms with Gasteiger partial charge in [0.1, 0.15) is 19.0 Å². The molecule has 0 aromatic heterocycles. The third kappa shape index (κ3) is 6.14. The Bertz CT molecular complexity index is 1220. The fraction of sp³-hybridized carbons (Fsp3) is 0.348. The van der Waals surface area contributed by atoms with Gasteiger partial charge in [-0.3, -0.25) is 35.0 Å². The quantitative estimate of drug-likeness (QED) is 0.324. The number of benzene rings is 2. The molecular weight excluding hydrogens is 506 g/mol. The maximum atomic E-state index is 12.9. The number of non-ortho nitro benzene ring substituents is 2. The number of rotatable bonds is 7. The molecule has 2 aromatic carbocycles. The molecule has 4 rings (SSSR count). The van der Waals surface area contributed by atoms with Gasteiger partial charge in [0.05, 0.1) is 29.0 Å². The molecule has 2 aromatic rings. The summed E-state index contributed by atoms with van der Waals surface area (Å²) >= 11 is 4.51. The van der Waals surface area contributed by atoms with E-state index in [0.29, 0.717) is 29.9 Å². The molecule has 0 bridgehead atoms. The van der Waals surface area contributed by atoms with Crippen LogP contribution >= 0.6 is 12.6 Å². The van der Waals surface area contributed by atoms with E-state index in [1.165, 1.54) is 58.3 Å². The van der Waals surface area contributed by atoms with Gasteiger partial charge in [0, 0.05) is 36.1 Å². The summed E-state index contributed by atoms with van der Waals surface area (Å²) in [5, 5.41) is 21.4. The van der Waals surface area contributed by atoms with E-state index in [1.54, 1.807) is 0 Å². The highest BCUT2D eigenvalue weighted by atomic mass is 32.1. The van der Waals surface area contributed by atoms with E-state index in [0.717, 1.165) is 0 Å². The molecule has 0 spiro atoms. The molecular formula is C23H23N5O8S. The molecule has 2 atom stereocenters.